The molecule has 27 heavy (non-hydrogen) atoms. The number of fused-ring (bicyclic) bond motifs is 3. The summed E-state index contributed by atoms with van der Waals surface area (Å²) in [5.41, 5.74) is 2.25. The van der Waals surface area contributed by atoms with E-state index < -0.39 is 0 Å². The number of amides is 1. The van der Waals surface area contributed by atoms with E-state index in [2.05, 4.69) is 25.6 Å². The summed E-state index contributed by atoms with van der Waals surface area (Å²) in [7, 11) is 0. The van der Waals surface area contributed by atoms with E-state index in [1.54, 1.807) is 12.1 Å². The van der Waals surface area contributed by atoms with Crippen molar-refractivity contribution in [3.8, 4) is 0 Å². The smallest absolute Gasteiger partial charge is 0.222 e. The van der Waals surface area contributed by atoms with Gasteiger partial charge < -0.3 is 15.5 Å². The van der Waals surface area contributed by atoms with E-state index in [-0.39, 0.29) is 11.7 Å². The second kappa shape index (κ2) is 6.64. The Labute approximate surface area is 156 Å². The molecule has 4 heterocycles. The van der Waals surface area contributed by atoms with E-state index in [0.717, 1.165) is 17.1 Å². The number of carbonyl (C=O) groups excluding carboxylic acids is 2. The predicted molar refractivity (Wildman–Crippen MR) is 102 cm³/mol. The molecule has 0 saturated heterocycles. The summed E-state index contributed by atoms with van der Waals surface area (Å²) in [5.74, 6) is 2.18. The molecule has 2 aliphatic rings. The molecule has 136 valence electrons. The fourth-order valence-electron chi connectivity index (χ4n) is 3.05. The Balaban J connectivity index is 1.62. The van der Waals surface area contributed by atoms with E-state index >= 15 is 0 Å². The molecule has 4 rings (SSSR count). The zero-order valence-electron chi connectivity index (χ0n) is 15.0. The third kappa shape index (κ3) is 3.29. The van der Waals surface area contributed by atoms with Crippen molar-refractivity contribution in [2.45, 2.75) is 13.8 Å². The molecule has 1 amide bonds. The van der Waals surface area contributed by atoms with Crippen molar-refractivity contribution in [1.29, 1.82) is 0 Å². The molecule has 0 bridgehead atoms. The number of pyridine rings is 2. The van der Waals surface area contributed by atoms with Gasteiger partial charge in [-0.2, -0.15) is 0 Å². The van der Waals surface area contributed by atoms with Crippen molar-refractivity contribution in [3.63, 3.8) is 0 Å². The number of anilines is 2. The van der Waals surface area contributed by atoms with Crippen LogP contribution < -0.4 is 10.6 Å². The average Bonchev–Trinajstić information content (AvgIpc) is 3.12. The predicted octanol–water partition coefficient (Wildman–Crippen LogP) is 1.96. The standard InChI is InChI=1S/C19H18N6O2/c1-11-3-5-14-18(22-11)24-17(25-8-7-20-19(14)25)9-15(27)13-4-6-16(21-10-13)23-12(2)26/h3-6,9-10H,7-8H2,1-2H3,(H,22,24)(H,21,23,26). The highest BCUT2D eigenvalue weighted by atomic mass is 16.1. The number of ketones is 1. The first kappa shape index (κ1) is 16.9. The maximum absolute atomic E-state index is 12.7. The molecule has 0 radical (unpaired) electrons. The number of hydrogen-bond acceptors (Lipinski definition) is 7. The fourth-order valence-corrected chi connectivity index (χ4v) is 3.05. The molecule has 2 N–H and O–H groups in total. The van der Waals surface area contributed by atoms with Crippen molar-refractivity contribution < 1.29 is 9.59 Å². The van der Waals surface area contributed by atoms with Gasteiger partial charge in [0.05, 0.1) is 12.1 Å². The number of allylic oxidation sites excluding steroid dienone is 1. The minimum Gasteiger partial charge on any atom is -0.326 e. The Kier molecular flexibility index (Phi) is 4.15. The number of aromatic nitrogens is 2. The van der Waals surface area contributed by atoms with Gasteiger partial charge in [-0.25, -0.2) is 9.97 Å². The third-order valence-electron chi connectivity index (χ3n) is 4.27. The summed E-state index contributed by atoms with van der Waals surface area (Å²) in [6.45, 7) is 4.70. The van der Waals surface area contributed by atoms with Crippen molar-refractivity contribution in [3.05, 3.63) is 59.2 Å². The topological polar surface area (TPSA) is 99.6 Å². The molecule has 0 atom stereocenters. The minimum atomic E-state index is -0.211. The first-order valence-corrected chi connectivity index (χ1v) is 8.58. The second-order valence-electron chi connectivity index (χ2n) is 6.34. The number of hydrogen-bond donors (Lipinski definition) is 2. The van der Waals surface area contributed by atoms with E-state index in [9.17, 15) is 9.59 Å². The highest BCUT2D eigenvalue weighted by Gasteiger charge is 2.30. The Morgan fingerprint density at radius 2 is 2.11 bits per heavy atom. The largest absolute Gasteiger partial charge is 0.326 e. The van der Waals surface area contributed by atoms with Gasteiger partial charge in [0, 0.05) is 37.0 Å². The third-order valence-corrected chi connectivity index (χ3v) is 4.27. The van der Waals surface area contributed by atoms with E-state index in [0.29, 0.717) is 36.1 Å². The Morgan fingerprint density at radius 1 is 1.26 bits per heavy atom. The van der Waals surface area contributed by atoms with E-state index in [1.807, 2.05) is 24.0 Å². The van der Waals surface area contributed by atoms with Crippen LogP contribution in [0.3, 0.4) is 0 Å². The summed E-state index contributed by atoms with van der Waals surface area (Å²) < 4.78 is 0. The number of rotatable bonds is 3. The molecule has 2 aliphatic heterocycles. The van der Waals surface area contributed by atoms with Gasteiger partial charge in [0.2, 0.25) is 5.91 Å². The normalized spacial score (nSPS) is 16.3. The number of aliphatic imine (C=N–C) groups is 1. The van der Waals surface area contributed by atoms with E-state index in [1.165, 1.54) is 19.2 Å². The van der Waals surface area contributed by atoms with Crippen LogP contribution in [0.2, 0.25) is 0 Å². The van der Waals surface area contributed by atoms with Crippen LogP contribution in [-0.4, -0.2) is 45.5 Å². The van der Waals surface area contributed by atoms with Crippen molar-refractivity contribution in [2.75, 3.05) is 23.7 Å². The molecule has 0 aromatic carbocycles. The molecule has 8 heteroatoms. The lowest BCUT2D eigenvalue weighted by molar-refractivity contribution is -0.114. The van der Waals surface area contributed by atoms with Crippen LogP contribution >= 0.6 is 0 Å². The number of amidine groups is 1. The van der Waals surface area contributed by atoms with Gasteiger partial charge in [0.15, 0.2) is 5.78 Å². The second-order valence-corrected chi connectivity index (χ2v) is 6.34. The first-order valence-electron chi connectivity index (χ1n) is 8.58. The van der Waals surface area contributed by atoms with Crippen LogP contribution in [0.25, 0.3) is 0 Å². The van der Waals surface area contributed by atoms with Crippen molar-refractivity contribution in [1.82, 2.24) is 14.9 Å². The fraction of sp³-hybridized carbons (Fsp3) is 0.211. The van der Waals surface area contributed by atoms with E-state index in [4.69, 9.17) is 0 Å². The van der Waals surface area contributed by atoms with Gasteiger partial charge in [-0.3, -0.25) is 14.6 Å². The van der Waals surface area contributed by atoms with Gasteiger partial charge in [-0.1, -0.05) is 0 Å². The lowest BCUT2D eigenvalue weighted by atomic mass is 10.1. The molecular formula is C19H18N6O2. The molecule has 0 fully saturated rings. The molecule has 0 spiro atoms. The molecule has 8 nitrogen and oxygen atoms in total. The number of nitrogens with zero attached hydrogens (tertiary/aromatic N) is 4. The molecule has 0 saturated carbocycles. The maximum Gasteiger partial charge on any atom is 0.222 e. The zero-order chi connectivity index (χ0) is 19.0. The highest BCUT2D eigenvalue weighted by Crippen LogP contribution is 2.28. The number of carbonyl (C=O) groups is 2. The summed E-state index contributed by atoms with van der Waals surface area (Å²) in [4.78, 5) is 38.9. The monoisotopic (exact) mass is 362 g/mol. The molecule has 0 aliphatic carbocycles. The Morgan fingerprint density at radius 3 is 2.85 bits per heavy atom. The van der Waals surface area contributed by atoms with Crippen LogP contribution in [0, 0.1) is 6.92 Å². The van der Waals surface area contributed by atoms with Crippen LogP contribution in [0.4, 0.5) is 11.6 Å². The first-order chi connectivity index (χ1) is 13.0. The van der Waals surface area contributed by atoms with Crippen LogP contribution in [0.15, 0.2) is 47.4 Å². The quantitative estimate of drug-likeness (QED) is 0.640. The Bertz CT molecular complexity index is 994. The van der Waals surface area contributed by atoms with Gasteiger partial charge in [0.1, 0.15) is 23.3 Å². The summed E-state index contributed by atoms with van der Waals surface area (Å²) in [6, 6.07) is 7.17. The van der Waals surface area contributed by atoms with Gasteiger partial charge >= 0.3 is 0 Å². The summed E-state index contributed by atoms with van der Waals surface area (Å²) in [5, 5.41) is 5.82. The summed E-state index contributed by atoms with van der Waals surface area (Å²) in [6.07, 6.45) is 2.98. The van der Waals surface area contributed by atoms with Crippen LogP contribution in [0.5, 0.6) is 0 Å². The Hall–Kier alpha value is -3.55. The van der Waals surface area contributed by atoms with Gasteiger partial charge in [-0.15, -0.1) is 0 Å². The lowest BCUT2D eigenvalue weighted by Crippen LogP contribution is -2.37. The van der Waals surface area contributed by atoms with Crippen LogP contribution in [0.1, 0.15) is 28.5 Å². The van der Waals surface area contributed by atoms with Crippen molar-refractivity contribution >= 4 is 29.2 Å². The minimum absolute atomic E-state index is 0.193. The van der Waals surface area contributed by atoms with Crippen LogP contribution in [-0.2, 0) is 4.79 Å². The molecular weight excluding hydrogens is 344 g/mol. The number of aryl methyl sites for hydroxylation is 1. The maximum atomic E-state index is 12.7. The van der Waals surface area contributed by atoms with Crippen molar-refractivity contribution in [2.24, 2.45) is 4.99 Å². The molecule has 0 unspecified atom stereocenters. The van der Waals surface area contributed by atoms with Gasteiger partial charge in [-0.05, 0) is 31.2 Å². The summed E-state index contributed by atoms with van der Waals surface area (Å²) >= 11 is 0. The lowest BCUT2D eigenvalue weighted by Gasteiger charge is -2.30. The van der Waals surface area contributed by atoms with Gasteiger partial charge in [0.25, 0.3) is 0 Å². The SMILES string of the molecule is CC(=O)Nc1ccc(C(=O)C=C2Nc3nc(C)ccc3C3=NCCN23)cn1. The molecule has 2 aromatic heterocycles. The number of nitrogens with one attached hydrogen (secondary N) is 2. The average molecular weight is 362 g/mol. The zero-order valence-corrected chi connectivity index (χ0v) is 15.0. The highest BCUT2D eigenvalue weighted by molar-refractivity contribution is 6.10. The molecule has 2 aromatic rings.